The van der Waals surface area contributed by atoms with Crippen LogP contribution in [0.15, 0.2) is 0 Å². The lowest BCUT2D eigenvalue weighted by Gasteiger charge is -2.19. The SMILES string of the molecule is CC(C)(C)OCCNCCCOCCCl. The van der Waals surface area contributed by atoms with Crippen LogP contribution in [0.5, 0.6) is 0 Å². The van der Waals surface area contributed by atoms with Crippen molar-refractivity contribution in [2.45, 2.75) is 32.8 Å². The molecule has 0 rings (SSSR count). The van der Waals surface area contributed by atoms with E-state index in [0.717, 1.165) is 32.7 Å². The van der Waals surface area contributed by atoms with Crippen LogP contribution in [0.3, 0.4) is 0 Å². The summed E-state index contributed by atoms with van der Waals surface area (Å²) in [4.78, 5) is 0. The second-order valence-corrected chi connectivity index (χ2v) is 4.74. The smallest absolute Gasteiger partial charge is 0.0601 e. The molecule has 1 N–H and O–H groups in total. The van der Waals surface area contributed by atoms with Crippen molar-refractivity contribution in [1.82, 2.24) is 5.32 Å². The highest BCUT2D eigenvalue weighted by Gasteiger charge is 2.08. The van der Waals surface area contributed by atoms with Crippen molar-refractivity contribution >= 4 is 11.6 Å². The minimum absolute atomic E-state index is 0.0366. The van der Waals surface area contributed by atoms with E-state index in [0.29, 0.717) is 12.5 Å². The third kappa shape index (κ3) is 14.2. The highest BCUT2D eigenvalue weighted by molar-refractivity contribution is 6.17. The van der Waals surface area contributed by atoms with Gasteiger partial charge in [0.15, 0.2) is 0 Å². The van der Waals surface area contributed by atoms with Gasteiger partial charge in [0, 0.05) is 19.0 Å². The molecule has 3 nitrogen and oxygen atoms in total. The van der Waals surface area contributed by atoms with Crippen molar-refractivity contribution in [3.05, 3.63) is 0 Å². The van der Waals surface area contributed by atoms with E-state index in [9.17, 15) is 0 Å². The van der Waals surface area contributed by atoms with Crippen LogP contribution in [-0.4, -0.2) is 44.4 Å². The minimum Gasteiger partial charge on any atom is -0.380 e. The van der Waals surface area contributed by atoms with E-state index in [2.05, 4.69) is 26.1 Å². The molecule has 0 amide bonds. The molecule has 0 saturated carbocycles. The quantitative estimate of drug-likeness (QED) is 0.492. The number of hydrogen-bond acceptors (Lipinski definition) is 3. The first-order valence-corrected chi connectivity index (χ1v) is 6.08. The van der Waals surface area contributed by atoms with Crippen molar-refractivity contribution in [1.29, 1.82) is 0 Å². The topological polar surface area (TPSA) is 30.5 Å². The van der Waals surface area contributed by atoms with Gasteiger partial charge in [0.2, 0.25) is 0 Å². The third-order valence-electron chi connectivity index (χ3n) is 1.68. The zero-order valence-electron chi connectivity index (χ0n) is 10.1. The van der Waals surface area contributed by atoms with Crippen LogP contribution < -0.4 is 5.32 Å². The van der Waals surface area contributed by atoms with Gasteiger partial charge < -0.3 is 14.8 Å². The fourth-order valence-corrected chi connectivity index (χ4v) is 1.12. The Balaban J connectivity index is 2.99. The van der Waals surface area contributed by atoms with E-state index in [1.165, 1.54) is 0 Å². The van der Waals surface area contributed by atoms with Crippen LogP contribution in [0.4, 0.5) is 0 Å². The molecule has 0 heterocycles. The molecule has 15 heavy (non-hydrogen) atoms. The Bertz CT molecular complexity index is 137. The first-order valence-electron chi connectivity index (χ1n) is 5.54. The molecule has 0 aliphatic rings. The summed E-state index contributed by atoms with van der Waals surface area (Å²) in [7, 11) is 0. The number of hydrogen-bond donors (Lipinski definition) is 1. The summed E-state index contributed by atoms with van der Waals surface area (Å²) in [6, 6.07) is 0. The van der Waals surface area contributed by atoms with Crippen LogP contribution in [0.2, 0.25) is 0 Å². The van der Waals surface area contributed by atoms with E-state index in [1.807, 2.05) is 0 Å². The molecule has 0 bridgehead atoms. The fraction of sp³-hybridized carbons (Fsp3) is 1.00. The average molecular weight is 238 g/mol. The van der Waals surface area contributed by atoms with Crippen LogP contribution in [-0.2, 0) is 9.47 Å². The molecule has 0 aliphatic carbocycles. The standard InChI is InChI=1S/C11H24ClNO2/c1-11(2,3)15-10-7-13-6-4-8-14-9-5-12/h13H,4-10H2,1-3H3. The second-order valence-electron chi connectivity index (χ2n) is 4.37. The highest BCUT2D eigenvalue weighted by atomic mass is 35.5. The van der Waals surface area contributed by atoms with Crippen molar-refractivity contribution in [2.24, 2.45) is 0 Å². The molecule has 0 aliphatic heterocycles. The highest BCUT2D eigenvalue weighted by Crippen LogP contribution is 2.04. The van der Waals surface area contributed by atoms with Gasteiger partial charge in [-0.1, -0.05) is 0 Å². The van der Waals surface area contributed by atoms with Gasteiger partial charge in [0.25, 0.3) is 0 Å². The first kappa shape index (κ1) is 15.2. The summed E-state index contributed by atoms with van der Waals surface area (Å²) in [6.45, 7) is 10.2. The number of ether oxygens (including phenoxy) is 2. The molecule has 0 radical (unpaired) electrons. The van der Waals surface area contributed by atoms with Gasteiger partial charge in [-0.25, -0.2) is 0 Å². The zero-order chi connectivity index (χ0) is 11.6. The van der Waals surface area contributed by atoms with E-state index in [-0.39, 0.29) is 5.60 Å². The molecule has 0 unspecified atom stereocenters. The Hall–Kier alpha value is 0.170. The number of halogens is 1. The predicted molar refractivity (Wildman–Crippen MR) is 64.7 cm³/mol. The molecule has 0 spiro atoms. The van der Waals surface area contributed by atoms with Gasteiger partial charge in [-0.2, -0.15) is 0 Å². The maximum Gasteiger partial charge on any atom is 0.0601 e. The number of alkyl halides is 1. The van der Waals surface area contributed by atoms with Crippen molar-refractivity contribution < 1.29 is 9.47 Å². The summed E-state index contributed by atoms with van der Waals surface area (Å²) in [5, 5.41) is 3.30. The van der Waals surface area contributed by atoms with Crippen LogP contribution >= 0.6 is 11.6 Å². The molecule has 0 saturated heterocycles. The Labute approximate surface area is 98.5 Å². The Morgan fingerprint density at radius 2 is 1.80 bits per heavy atom. The lowest BCUT2D eigenvalue weighted by molar-refractivity contribution is -0.000900. The Kier molecular flexibility index (Phi) is 9.51. The first-order chi connectivity index (χ1) is 7.06. The maximum atomic E-state index is 5.56. The molecule has 0 aromatic heterocycles. The van der Waals surface area contributed by atoms with Gasteiger partial charge in [-0.3, -0.25) is 0 Å². The van der Waals surface area contributed by atoms with Crippen molar-refractivity contribution in [2.75, 3.05) is 38.8 Å². The van der Waals surface area contributed by atoms with E-state index in [1.54, 1.807) is 0 Å². The zero-order valence-corrected chi connectivity index (χ0v) is 10.9. The molecule has 92 valence electrons. The fourth-order valence-electron chi connectivity index (χ4n) is 1.01. The van der Waals surface area contributed by atoms with Gasteiger partial charge >= 0.3 is 0 Å². The van der Waals surface area contributed by atoms with Crippen LogP contribution in [0.1, 0.15) is 27.2 Å². The lowest BCUT2D eigenvalue weighted by atomic mass is 10.2. The lowest BCUT2D eigenvalue weighted by Crippen LogP contribution is -2.27. The van der Waals surface area contributed by atoms with E-state index in [4.69, 9.17) is 21.1 Å². The third-order valence-corrected chi connectivity index (χ3v) is 1.83. The summed E-state index contributed by atoms with van der Waals surface area (Å²) < 4.78 is 10.8. The van der Waals surface area contributed by atoms with Crippen molar-refractivity contribution in [3.63, 3.8) is 0 Å². The second kappa shape index (κ2) is 9.40. The van der Waals surface area contributed by atoms with Gasteiger partial charge in [0.1, 0.15) is 0 Å². The van der Waals surface area contributed by atoms with Gasteiger partial charge in [-0.05, 0) is 33.7 Å². The molecular weight excluding hydrogens is 214 g/mol. The largest absolute Gasteiger partial charge is 0.380 e. The summed E-state index contributed by atoms with van der Waals surface area (Å²) in [5.74, 6) is 0.576. The van der Waals surface area contributed by atoms with Crippen LogP contribution in [0, 0.1) is 0 Å². The van der Waals surface area contributed by atoms with E-state index >= 15 is 0 Å². The van der Waals surface area contributed by atoms with Crippen molar-refractivity contribution in [3.8, 4) is 0 Å². The minimum atomic E-state index is -0.0366. The predicted octanol–water partition coefficient (Wildman–Crippen LogP) is 2.04. The normalized spacial score (nSPS) is 12.0. The molecule has 0 fully saturated rings. The summed E-state index contributed by atoms with van der Waals surface area (Å²) in [6.07, 6.45) is 1.02. The molecule has 4 heteroatoms. The van der Waals surface area contributed by atoms with Crippen LogP contribution in [0.25, 0.3) is 0 Å². The number of rotatable bonds is 9. The van der Waals surface area contributed by atoms with Gasteiger partial charge in [-0.15, -0.1) is 11.6 Å². The summed E-state index contributed by atoms with van der Waals surface area (Å²) >= 11 is 5.47. The number of nitrogens with one attached hydrogen (secondary N) is 1. The molecule has 0 atom stereocenters. The average Bonchev–Trinajstić information content (AvgIpc) is 2.14. The molecular formula is C11H24ClNO2. The van der Waals surface area contributed by atoms with E-state index < -0.39 is 0 Å². The molecule has 0 aromatic rings. The maximum absolute atomic E-state index is 5.56. The van der Waals surface area contributed by atoms with Gasteiger partial charge in [0.05, 0.1) is 18.8 Å². The summed E-state index contributed by atoms with van der Waals surface area (Å²) in [5.41, 5.74) is -0.0366. The molecule has 0 aromatic carbocycles. The Morgan fingerprint density at radius 1 is 1.07 bits per heavy atom. The Morgan fingerprint density at radius 3 is 2.40 bits per heavy atom. The monoisotopic (exact) mass is 237 g/mol.